The first-order chi connectivity index (χ1) is 4.59. The number of hydrogen-bond donors (Lipinski definition) is 4. The van der Waals surface area contributed by atoms with E-state index in [1.165, 1.54) is 0 Å². The van der Waals surface area contributed by atoms with Crippen LogP contribution < -0.4 is 11.1 Å². The van der Waals surface area contributed by atoms with E-state index in [1.54, 1.807) is 6.92 Å². The van der Waals surface area contributed by atoms with Gasteiger partial charge in [-0.05, 0) is 6.92 Å². The molecule has 58 valence electrons. The minimum absolute atomic E-state index is 0.151. The predicted molar refractivity (Wildman–Crippen MR) is 41.5 cm³/mol. The molecule has 0 aromatic carbocycles. The highest BCUT2D eigenvalue weighted by molar-refractivity contribution is 7.85. The summed E-state index contributed by atoms with van der Waals surface area (Å²) >= 11 is 3.65. The number of nitrogens with one attached hydrogen (secondary N) is 1. The summed E-state index contributed by atoms with van der Waals surface area (Å²) in [5.41, 5.74) is 4.79. The fraction of sp³-hybridized carbons (Fsp3) is 0.400. The monoisotopic (exact) mass is 162 g/mol. The molecular formula is C5H10N2O2S. The second-order valence-corrected chi connectivity index (χ2v) is 2.04. The van der Waals surface area contributed by atoms with E-state index in [1.807, 2.05) is 0 Å². The topological polar surface area (TPSA) is 75.3 Å². The quantitative estimate of drug-likeness (QED) is 0.262. The van der Waals surface area contributed by atoms with E-state index in [4.69, 9.17) is 10.8 Å². The molecule has 0 atom stereocenters. The lowest BCUT2D eigenvalue weighted by Gasteiger charge is -2.01. The van der Waals surface area contributed by atoms with Crippen molar-refractivity contribution in [2.24, 2.45) is 5.73 Å². The van der Waals surface area contributed by atoms with Crippen molar-refractivity contribution in [2.45, 2.75) is 6.92 Å². The van der Waals surface area contributed by atoms with E-state index < -0.39 is 5.91 Å². The fourth-order valence-electron chi connectivity index (χ4n) is 0.368. The molecule has 0 rings (SSSR count). The molecule has 0 spiro atoms. The van der Waals surface area contributed by atoms with Crippen molar-refractivity contribution in [3.05, 3.63) is 10.8 Å². The SMILES string of the molecule is CCNC(O)=C(S)C(N)=O. The van der Waals surface area contributed by atoms with Crippen molar-refractivity contribution in [1.82, 2.24) is 5.32 Å². The average molecular weight is 162 g/mol. The zero-order chi connectivity index (χ0) is 8.15. The van der Waals surface area contributed by atoms with Crippen LogP contribution in [0.5, 0.6) is 0 Å². The van der Waals surface area contributed by atoms with Crippen molar-refractivity contribution in [3.8, 4) is 0 Å². The first kappa shape index (κ1) is 9.16. The molecule has 0 aliphatic carbocycles. The summed E-state index contributed by atoms with van der Waals surface area (Å²) in [6.07, 6.45) is 0. The Labute approximate surface area is 64.5 Å². The highest BCUT2D eigenvalue weighted by atomic mass is 32.1. The van der Waals surface area contributed by atoms with E-state index in [0.29, 0.717) is 6.54 Å². The second kappa shape index (κ2) is 4.05. The van der Waals surface area contributed by atoms with E-state index in [-0.39, 0.29) is 10.8 Å². The van der Waals surface area contributed by atoms with E-state index in [9.17, 15) is 4.79 Å². The summed E-state index contributed by atoms with van der Waals surface area (Å²) < 4.78 is 0. The normalized spacial score (nSPS) is 12.2. The molecule has 0 heterocycles. The molecule has 0 saturated heterocycles. The van der Waals surface area contributed by atoms with Crippen LogP contribution in [0.15, 0.2) is 10.8 Å². The third-order valence-electron chi connectivity index (χ3n) is 0.802. The molecule has 0 aromatic rings. The number of amides is 1. The molecule has 0 fully saturated rings. The predicted octanol–water partition coefficient (Wildman–Crippen LogP) is -0.262. The Morgan fingerprint density at radius 3 is 2.60 bits per heavy atom. The molecule has 1 amide bonds. The summed E-state index contributed by atoms with van der Waals surface area (Å²) in [6.45, 7) is 2.29. The molecule has 0 saturated carbocycles. The van der Waals surface area contributed by atoms with E-state index in [2.05, 4.69) is 17.9 Å². The highest BCUT2D eigenvalue weighted by Gasteiger charge is 2.04. The summed E-state index contributed by atoms with van der Waals surface area (Å²) in [7, 11) is 0. The van der Waals surface area contributed by atoms with E-state index in [0.717, 1.165) is 0 Å². The van der Waals surface area contributed by atoms with Crippen LogP contribution in [0.3, 0.4) is 0 Å². The third kappa shape index (κ3) is 2.63. The molecule has 4 nitrogen and oxygen atoms in total. The molecule has 0 bridgehead atoms. The molecule has 0 aliphatic rings. The Morgan fingerprint density at radius 2 is 2.30 bits per heavy atom. The highest BCUT2D eigenvalue weighted by Crippen LogP contribution is 2.01. The largest absolute Gasteiger partial charge is 0.494 e. The van der Waals surface area contributed by atoms with Crippen LogP contribution in [0.4, 0.5) is 0 Å². The van der Waals surface area contributed by atoms with Gasteiger partial charge in [-0.3, -0.25) is 4.79 Å². The van der Waals surface area contributed by atoms with Gasteiger partial charge in [0.1, 0.15) is 4.91 Å². The van der Waals surface area contributed by atoms with Crippen LogP contribution >= 0.6 is 12.6 Å². The van der Waals surface area contributed by atoms with Crippen molar-refractivity contribution in [1.29, 1.82) is 0 Å². The molecule has 0 aromatic heterocycles. The number of aliphatic hydroxyl groups is 1. The third-order valence-corrected chi connectivity index (χ3v) is 1.23. The van der Waals surface area contributed by atoms with Gasteiger partial charge < -0.3 is 16.2 Å². The van der Waals surface area contributed by atoms with Gasteiger partial charge in [-0.1, -0.05) is 0 Å². The first-order valence-electron chi connectivity index (χ1n) is 2.75. The molecule has 10 heavy (non-hydrogen) atoms. The van der Waals surface area contributed by atoms with Crippen molar-refractivity contribution in [3.63, 3.8) is 0 Å². The van der Waals surface area contributed by atoms with Crippen LogP contribution in [0.2, 0.25) is 0 Å². The van der Waals surface area contributed by atoms with Crippen molar-refractivity contribution >= 4 is 18.5 Å². The average Bonchev–Trinajstić information content (AvgIpc) is 1.87. The van der Waals surface area contributed by atoms with Crippen LogP contribution in [-0.2, 0) is 4.79 Å². The Bertz CT molecular complexity index is 167. The fourth-order valence-corrected chi connectivity index (χ4v) is 0.447. The summed E-state index contributed by atoms with van der Waals surface area (Å²) in [6, 6.07) is 0. The van der Waals surface area contributed by atoms with Crippen LogP contribution in [0.25, 0.3) is 0 Å². The Hall–Kier alpha value is -0.840. The van der Waals surface area contributed by atoms with Gasteiger partial charge in [0.15, 0.2) is 0 Å². The molecule has 0 unspecified atom stereocenters. The second-order valence-electron chi connectivity index (χ2n) is 1.59. The summed E-state index contributed by atoms with van der Waals surface area (Å²) in [4.78, 5) is 10.2. The number of nitrogens with two attached hydrogens (primary N) is 1. The van der Waals surface area contributed by atoms with Crippen LogP contribution in [0.1, 0.15) is 6.92 Å². The van der Waals surface area contributed by atoms with Gasteiger partial charge in [0.25, 0.3) is 5.91 Å². The smallest absolute Gasteiger partial charge is 0.260 e. The number of primary amides is 1. The Kier molecular flexibility index (Phi) is 3.71. The maximum Gasteiger partial charge on any atom is 0.260 e. The molecule has 5 heteroatoms. The van der Waals surface area contributed by atoms with Gasteiger partial charge in [-0.25, -0.2) is 0 Å². The lowest BCUT2D eigenvalue weighted by molar-refractivity contribution is -0.114. The van der Waals surface area contributed by atoms with Crippen molar-refractivity contribution < 1.29 is 9.90 Å². The number of carbonyl (C=O) groups excluding carboxylic acids is 1. The molecule has 0 aliphatic heterocycles. The minimum Gasteiger partial charge on any atom is -0.494 e. The van der Waals surface area contributed by atoms with Crippen LogP contribution in [-0.4, -0.2) is 17.6 Å². The maximum absolute atomic E-state index is 10.3. The Morgan fingerprint density at radius 1 is 1.80 bits per heavy atom. The summed E-state index contributed by atoms with van der Waals surface area (Å²) in [5.74, 6) is -1.03. The lowest BCUT2D eigenvalue weighted by atomic mass is 10.5. The standard InChI is InChI=1S/C5H10N2O2S/c1-2-7-5(9)3(10)4(6)8/h7,9-10H,2H2,1H3,(H2,6,8). The van der Waals surface area contributed by atoms with Gasteiger partial charge >= 0.3 is 0 Å². The van der Waals surface area contributed by atoms with Gasteiger partial charge in [0.2, 0.25) is 5.88 Å². The Balaban J connectivity index is 4.19. The first-order valence-corrected chi connectivity index (χ1v) is 3.20. The number of carbonyl (C=O) groups is 1. The van der Waals surface area contributed by atoms with Gasteiger partial charge in [0.05, 0.1) is 0 Å². The van der Waals surface area contributed by atoms with E-state index >= 15 is 0 Å². The number of rotatable bonds is 3. The maximum atomic E-state index is 10.3. The molecule has 4 N–H and O–H groups in total. The summed E-state index contributed by atoms with van der Waals surface area (Å²) in [5, 5.41) is 11.4. The zero-order valence-corrected chi connectivity index (χ0v) is 6.48. The number of thiol groups is 1. The lowest BCUT2D eigenvalue weighted by Crippen LogP contribution is -2.19. The molecule has 0 radical (unpaired) electrons. The van der Waals surface area contributed by atoms with Crippen molar-refractivity contribution in [2.75, 3.05) is 6.54 Å². The van der Waals surface area contributed by atoms with Gasteiger partial charge in [-0.2, -0.15) is 0 Å². The van der Waals surface area contributed by atoms with Gasteiger partial charge in [0, 0.05) is 6.54 Å². The number of hydrogen-bond acceptors (Lipinski definition) is 4. The number of aliphatic hydroxyl groups excluding tert-OH is 1. The minimum atomic E-state index is -0.748. The van der Waals surface area contributed by atoms with Crippen LogP contribution in [0, 0.1) is 0 Å². The van der Waals surface area contributed by atoms with Gasteiger partial charge in [-0.15, -0.1) is 12.6 Å². The molecular weight excluding hydrogens is 152 g/mol. The zero-order valence-electron chi connectivity index (χ0n) is 5.59.